The highest BCUT2D eigenvalue weighted by molar-refractivity contribution is 7.87. The molecule has 1 aromatic rings. The number of carbonyl (C=O) groups excluding carboxylic acids is 2. The van der Waals surface area contributed by atoms with Crippen molar-refractivity contribution in [2.24, 2.45) is 0 Å². The molecule has 0 spiro atoms. The number of nitrogens with zero attached hydrogens (tertiary/aromatic N) is 2. The molecule has 0 unspecified atom stereocenters. The van der Waals surface area contributed by atoms with Crippen LogP contribution >= 0.6 is 0 Å². The van der Waals surface area contributed by atoms with Crippen LogP contribution in [0.25, 0.3) is 0 Å². The Hall–Kier alpha value is -2.08. The molecule has 0 aliphatic heterocycles. The maximum atomic E-state index is 12.6. The van der Waals surface area contributed by atoms with E-state index >= 15 is 0 Å². The smallest absolute Gasteiger partial charge is 0.428 e. The number of hydrogen-bond acceptors (Lipinski definition) is 8. The highest BCUT2D eigenvalue weighted by atomic mass is 32.2. The first-order chi connectivity index (χ1) is 9.16. The molecule has 112 valence electrons. The van der Waals surface area contributed by atoms with Crippen molar-refractivity contribution in [2.45, 2.75) is 5.25 Å². The van der Waals surface area contributed by atoms with Crippen LogP contribution in [-0.4, -0.2) is 53.1 Å². The first-order valence-electron chi connectivity index (χ1n) is 4.82. The number of esters is 1. The Morgan fingerprint density at radius 3 is 2.40 bits per heavy atom. The van der Waals surface area contributed by atoms with Crippen molar-refractivity contribution in [2.75, 3.05) is 13.2 Å². The number of ether oxygens (including phenoxy) is 2. The number of alkyl halides is 2. The molecule has 9 nitrogen and oxygen atoms in total. The second kappa shape index (κ2) is 5.92. The minimum atomic E-state index is -6.17. The Morgan fingerprint density at radius 1 is 1.30 bits per heavy atom. The molecule has 20 heavy (non-hydrogen) atoms. The monoisotopic (exact) mass is 313 g/mol. The van der Waals surface area contributed by atoms with E-state index in [2.05, 4.69) is 14.5 Å². The molecule has 0 saturated heterocycles. The van der Waals surface area contributed by atoms with Gasteiger partial charge in [-0.25, -0.2) is 27.6 Å². The SMILES string of the molecule is O=C(OCCOC(=O)C(F)(F)S(=O)(=O)[O-])n1ccnc1. The first kappa shape index (κ1) is 16.0. The topological polar surface area (TPSA) is 128 Å². The van der Waals surface area contributed by atoms with Gasteiger partial charge in [0.05, 0.1) is 0 Å². The summed E-state index contributed by atoms with van der Waals surface area (Å²) in [5.74, 6) is -2.54. The average molecular weight is 313 g/mol. The van der Waals surface area contributed by atoms with Crippen LogP contribution in [0.2, 0.25) is 0 Å². The maximum absolute atomic E-state index is 12.6. The highest BCUT2D eigenvalue weighted by Gasteiger charge is 2.48. The zero-order valence-electron chi connectivity index (χ0n) is 9.56. The lowest BCUT2D eigenvalue weighted by molar-refractivity contribution is -0.162. The summed E-state index contributed by atoms with van der Waals surface area (Å²) < 4.78 is 64.8. The molecule has 0 N–H and O–H groups in total. The summed E-state index contributed by atoms with van der Waals surface area (Å²) in [4.78, 5) is 25.4. The van der Waals surface area contributed by atoms with Gasteiger partial charge < -0.3 is 14.0 Å². The molecular formula is C8H7F2N2O7S-. The van der Waals surface area contributed by atoms with Gasteiger partial charge in [0, 0.05) is 12.4 Å². The van der Waals surface area contributed by atoms with Gasteiger partial charge in [-0.2, -0.15) is 8.78 Å². The second-order valence-electron chi connectivity index (χ2n) is 3.19. The van der Waals surface area contributed by atoms with E-state index in [1.165, 1.54) is 12.4 Å². The molecule has 0 aromatic carbocycles. The van der Waals surface area contributed by atoms with Crippen molar-refractivity contribution in [3.63, 3.8) is 0 Å². The number of carbonyl (C=O) groups is 2. The van der Waals surface area contributed by atoms with E-state index in [-0.39, 0.29) is 0 Å². The Morgan fingerprint density at radius 2 is 1.90 bits per heavy atom. The first-order valence-corrected chi connectivity index (χ1v) is 6.22. The standard InChI is InChI=1S/C8H8F2N2O7S/c9-8(10,20(15,16)17)6(13)18-3-4-19-7(14)12-2-1-11-5-12/h1-2,5H,3-4H2,(H,15,16,17)/p-1. The lowest BCUT2D eigenvalue weighted by atomic mass is 10.7. The van der Waals surface area contributed by atoms with E-state index in [0.29, 0.717) is 0 Å². The van der Waals surface area contributed by atoms with Gasteiger partial charge in [-0.3, -0.25) is 0 Å². The van der Waals surface area contributed by atoms with Crippen LogP contribution in [-0.2, 0) is 24.4 Å². The Kier molecular flexibility index (Phi) is 4.73. The van der Waals surface area contributed by atoms with Gasteiger partial charge in [0.15, 0.2) is 10.1 Å². The van der Waals surface area contributed by atoms with Crippen LogP contribution in [0, 0.1) is 0 Å². The molecule has 1 aromatic heterocycles. The lowest BCUT2D eigenvalue weighted by Crippen LogP contribution is -2.39. The van der Waals surface area contributed by atoms with Gasteiger partial charge >= 0.3 is 17.3 Å². The van der Waals surface area contributed by atoms with Crippen molar-refractivity contribution in [3.8, 4) is 0 Å². The highest BCUT2D eigenvalue weighted by Crippen LogP contribution is 2.21. The molecule has 1 heterocycles. The quantitative estimate of drug-likeness (QED) is 0.406. The van der Waals surface area contributed by atoms with Crippen LogP contribution < -0.4 is 0 Å². The molecule has 0 bridgehead atoms. The van der Waals surface area contributed by atoms with E-state index < -0.39 is 40.6 Å². The Labute approximate surface area is 110 Å². The fourth-order valence-electron chi connectivity index (χ4n) is 0.891. The summed E-state index contributed by atoms with van der Waals surface area (Å²) in [6.07, 6.45) is 2.71. The van der Waals surface area contributed by atoms with E-state index in [0.717, 1.165) is 10.9 Å². The molecule has 0 radical (unpaired) electrons. The minimum absolute atomic E-state index is 0.613. The van der Waals surface area contributed by atoms with E-state index in [1.54, 1.807) is 0 Å². The van der Waals surface area contributed by atoms with E-state index in [9.17, 15) is 31.3 Å². The van der Waals surface area contributed by atoms with Crippen molar-refractivity contribution in [3.05, 3.63) is 18.7 Å². The Bertz CT molecular complexity index is 584. The van der Waals surface area contributed by atoms with Gasteiger partial charge in [0.25, 0.3) is 0 Å². The van der Waals surface area contributed by atoms with Crippen molar-refractivity contribution in [1.29, 1.82) is 0 Å². The van der Waals surface area contributed by atoms with E-state index in [1.807, 2.05) is 0 Å². The molecule has 0 fully saturated rings. The largest absolute Gasteiger partial charge is 0.743 e. The van der Waals surface area contributed by atoms with Gasteiger partial charge in [-0.1, -0.05) is 0 Å². The van der Waals surface area contributed by atoms with Crippen LogP contribution in [0.4, 0.5) is 13.6 Å². The fourth-order valence-corrected chi connectivity index (χ4v) is 1.15. The normalized spacial score (nSPS) is 11.9. The third-order valence-electron chi connectivity index (χ3n) is 1.81. The van der Waals surface area contributed by atoms with Crippen LogP contribution in [0.5, 0.6) is 0 Å². The number of hydrogen-bond donors (Lipinski definition) is 0. The van der Waals surface area contributed by atoms with Crippen molar-refractivity contribution in [1.82, 2.24) is 9.55 Å². The van der Waals surface area contributed by atoms with Gasteiger partial charge in [-0.05, 0) is 0 Å². The van der Waals surface area contributed by atoms with Gasteiger partial charge in [0.1, 0.15) is 19.5 Å². The summed E-state index contributed by atoms with van der Waals surface area (Å²) >= 11 is 0. The second-order valence-corrected chi connectivity index (χ2v) is 4.61. The summed E-state index contributed by atoms with van der Waals surface area (Å²) in [6.45, 7) is -1.46. The number of imidazole rings is 1. The average Bonchev–Trinajstić information content (AvgIpc) is 2.86. The zero-order chi connectivity index (χ0) is 15.4. The van der Waals surface area contributed by atoms with Crippen LogP contribution in [0.3, 0.4) is 0 Å². The lowest BCUT2D eigenvalue weighted by Gasteiger charge is -2.17. The maximum Gasteiger partial charge on any atom is 0.428 e. The summed E-state index contributed by atoms with van der Waals surface area (Å²) in [5, 5.41) is -5.19. The van der Waals surface area contributed by atoms with E-state index in [4.69, 9.17) is 0 Å². The predicted octanol–water partition coefficient (Wildman–Crippen LogP) is -0.451. The molecular weight excluding hydrogens is 306 g/mol. The van der Waals surface area contributed by atoms with Crippen LogP contribution in [0.15, 0.2) is 18.7 Å². The summed E-state index contributed by atoms with van der Waals surface area (Å²) in [5.41, 5.74) is 0. The molecule has 0 saturated carbocycles. The molecule has 0 amide bonds. The summed E-state index contributed by atoms with van der Waals surface area (Å²) in [7, 11) is -6.17. The van der Waals surface area contributed by atoms with Crippen molar-refractivity contribution < 1.29 is 40.8 Å². The summed E-state index contributed by atoms with van der Waals surface area (Å²) in [6, 6.07) is 0. The van der Waals surface area contributed by atoms with Crippen LogP contribution in [0.1, 0.15) is 0 Å². The number of halogens is 2. The van der Waals surface area contributed by atoms with Gasteiger partial charge in [0.2, 0.25) is 0 Å². The molecule has 12 heteroatoms. The zero-order valence-corrected chi connectivity index (χ0v) is 10.4. The molecule has 0 atom stereocenters. The number of aromatic nitrogens is 2. The third kappa shape index (κ3) is 3.71. The Balaban J connectivity index is 2.39. The predicted molar refractivity (Wildman–Crippen MR) is 54.6 cm³/mol. The molecule has 0 aliphatic rings. The number of rotatable bonds is 5. The fraction of sp³-hybridized carbons (Fsp3) is 0.375. The third-order valence-corrected chi connectivity index (χ3v) is 2.60. The van der Waals surface area contributed by atoms with Gasteiger partial charge in [-0.15, -0.1) is 0 Å². The molecule has 0 aliphatic carbocycles. The minimum Gasteiger partial charge on any atom is -0.743 e. The molecule has 1 rings (SSSR count). The van der Waals surface area contributed by atoms with Crippen molar-refractivity contribution >= 4 is 22.2 Å².